The quantitative estimate of drug-likeness (QED) is 0.893. The summed E-state index contributed by atoms with van der Waals surface area (Å²) in [7, 11) is 0. The van der Waals surface area contributed by atoms with E-state index in [1.807, 2.05) is 6.92 Å². The fourth-order valence-corrected chi connectivity index (χ4v) is 1.55. The molecule has 0 bridgehead atoms. The van der Waals surface area contributed by atoms with E-state index in [1.54, 1.807) is 36.4 Å². The van der Waals surface area contributed by atoms with Crippen LogP contribution in [0.4, 0.5) is 0 Å². The lowest BCUT2D eigenvalue weighted by molar-refractivity contribution is 0.0687. The maximum absolute atomic E-state index is 11.0. The third-order valence-electron chi connectivity index (χ3n) is 2.32. The van der Waals surface area contributed by atoms with Gasteiger partial charge in [0.25, 0.3) is 0 Å². The molecule has 98 valence electrons. The van der Waals surface area contributed by atoms with E-state index >= 15 is 0 Å². The molecule has 5 nitrogen and oxygen atoms in total. The summed E-state index contributed by atoms with van der Waals surface area (Å²) in [6, 6.07) is 10.2. The molecule has 0 saturated carbocycles. The van der Waals surface area contributed by atoms with Crippen molar-refractivity contribution in [3.05, 3.63) is 48.3 Å². The largest absolute Gasteiger partial charge is 0.494 e. The standard InChI is InChI=1S/C14H13NO4/c1-2-18-10-5-3-6-11(9-10)19-12-7-4-8-15-13(12)14(16)17/h3-9H,2H2,1H3,(H,16,17). The van der Waals surface area contributed by atoms with Crippen LogP contribution in [0.1, 0.15) is 17.4 Å². The van der Waals surface area contributed by atoms with Crippen molar-refractivity contribution >= 4 is 5.97 Å². The fourth-order valence-electron chi connectivity index (χ4n) is 1.55. The molecule has 0 saturated heterocycles. The maximum Gasteiger partial charge on any atom is 0.358 e. The normalized spacial score (nSPS) is 9.95. The Morgan fingerprint density at radius 1 is 1.26 bits per heavy atom. The highest BCUT2D eigenvalue weighted by atomic mass is 16.5. The molecule has 2 aromatic rings. The molecule has 2 rings (SSSR count). The van der Waals surface area contributed by atoms with E-state index in [4.69, 9.17) is 14.6 Å². The zero-order valence-electron chi connectivity index (χ0n) is 10.4. The average molecular weight is 259 g/mol. The summed E-state index contributed by atoms with van der Waals surface area (Å²) in [4.78, 5) is 14.8. The van der Waals surface area contributed by atoms with Gasteiger partial charge in [-0.2, -0.15) is 0 Å². The van der Waals surface area contributed by atoms with Crippen molar-refractivity contribution in [3.63, 3.8) is 0 Å². The second kappa shape index (κ2) is 5.86. The Morgan fingerprint density at radius 3 is 2.79 bits per heavy atom. The highest BCUT2D eigenvalue weighted by Crippen LogP contribution is 2.26. The molecule has 19 heavy (non-hydrogen) atoms. The predicted octanol–water partition coefficient (Wildman–Crippen LogP) is 2.97. The van der Waals surface area contributed by atoms with Crippen LogP contribution in [0.25, 0.3) is 0 Å². The lowest BCUT2D eigenvalue weighted by Crippen LogP contribution is -2.02. The second-order valence-corrected chi connectivity index (χ2v) is 3.67. The molecular weight excluding hydrogens is 246 g/mol. The van der Waals surface area contributed by atoms with Crippen LogP contribution in [0.5, 0.6) is 17.2 Å². The lowest BCUT2D eigenvalue weighted by atomic mass is 10.3. The predicted molar refractivity (Wildman–Crippen MR) is 68.9 cm³/mol. The number of rotatable bonds is 5. The van der Waals surface area contributed by atoms with Crippen LogP contribution in [0.2, 0.25) is 0 Å². The first kappa shape index (κ1) is 12.9. The maximum atomic E-state index is 11.0. The average Bonchev–Trinajstić information content (AvgIpc) is 2.40. The summed E-state index contributed by atoms with van der Waals surface area (Å²) in [5.41, 5.74) is -0.121. The van der Waals surface area contributed by atoms with Gasteiger partial charge in [-0.15, -0.1) is 0 Å². The number of carboxylic acid groups (broad SMARTS) is 1. The second-order valence-electron chi connectivity index (χ2n) is 3.67. The monoisotopic (exact) mass is 259 g/mol. The molecule has 0 aliphatic heterocycles. The van der Waals surface area contributed by atoms with Crippen LogP contribution in [0.15, 0.2) is 42.6 Å². The van der Waals surface area contributed by atoms with Crippen molar-refractivity contribution in [2.24, 2.45) is 0 Å². The molecule has 0 aliphatic carbocycles. The highest BCUT2D eigenvalue weighted by molar-refractivity contribution is 5.88. The molecule has 0 unspecified atom stereocenters. The molecular formula is C14H13NO4. The summed E-state index contributed by atoms with van der Waals surface area (Å²) in [6.45, 7) is 2.44. The minimum absolute atomic E-state index is 0.121. The number of ether oxygens (including phenoxy) is 2. The van der Waals surface area contributed by atoms with Gasteiger partial charge in [0.05, 0.1) is 6.61 Å². The van der Waals surface area contributed by atoms with Gasteiger partial charge in [-0.1, -0.05) is 6.07 Å². The smallest absolute Gasteiger partial charge is 0.358 e. The molecule has 0 fully saturated rings. The van der Waals surface area contributed by atoms with Crippen LogP contribution in [0.3, 0.4) is 0 Å². The molecule has 0 amide bonds. The molecule has 1 heterocycles. The first-order chi connectivity index (χ1) is 9.20. The molecule has 5 heteroatoms. The number of hydrogen-bond donors (Lipinski definition) is 1. The Bertz CT molecular complexity index is 583. The zero-order valence-corrected chi connectivity index (χ0v) is 10.4. The van der Waals surface area contributed by atoms with Crippen LogP contribution < -0.4 is 9.47 Å². The third-order valence-corrected chi connectivity index (χ3v) is 2.32. The Hall–Kier alpha value is -2.56. The number of aromatic nitrogens is 1. The molecule has 0 radical (unpaired) electrons. The van der Waals surface area contributed by atoms with Crippen LogP contribution in [-0.2, 0) is 0 Å². The van der Waals surface area contributed by atoms with Crippen LogP contribution in [0, 0.1) is 0 Å². The number of benzene rings is 1. The summed E-state index contributed by atoms with van der Waals surface area (Å²) in [6.07, 6.45) is 1.41. The molecule has 1 aromatic carbocycles. The number of carbonyl (C=O) groups is 1. The van der Waals surface area contributed by atoms with Crippen molar-refractivity contribution in [2.45, 2.75) is 6.92 Å². The SMILES string of the molecule is CCOc1cccc(Oc2cccnc2C(=O)O)c1. The van der Waals surface area contributed by atoms with Gasteiger partial charge in [-0.25, -0.2) is 9.78 Å². The van der Waals surface area contributed by atoms with Crippen molar-refractivity contribution < 1.29 is 19.4 Å². The minimum atomic E-state index is -1.13. The first-order valence-corrected chi connectivity index (χ1v) is 5.79. The van der Waals surface area contributed by atoms with Crippen molar-refractivity contribution in [1.29, 1.82) is 0 Å². The van der Waals surface area contributed by atoms with Gasteiger partial charge >= 0.3 is 5.97 Å². The fraction of sp³-hybridized carbons (Fsp3) is 0.143. The molecule has 0 atom stereocenters. The van der Waals surface area contributed by atoms with Gasteiger partial charge in [0, 0.05) is 12.3 Å². The minimum Gasteiger partial charge on any atom is -0.494 e. The summed E-state index contributed by atoms with van der Waals surface area (Å²) in [5, 5.41) is 9.02. The van der Waals surface area contributed by atoms with Gasteiger partial charge in [0.2, 0.25) is 0 Å². The van der Waals surface area contributed by atoms with E-state index in [-0.39, 0.29) is 11.4 Å². The summed E-state index contributed by atoms with van der Waals surface area (Å²) < 4.78 is 10.9. The van der Waals surface area contributed by atoms with Crippen molar-refractivity contribution in [1.82, 2.24) is 4.98 Å². The summed E-state index contributed by atoms with van der Waals surface area (Å²) >= 11 is 0. The van der Waals surface area contributed by atoms with Gasteiger partial charge < -0.3 is 14.6 Å². The zero-order chi connectivity index (χ0) is 13.7. The molecule has 1 N–H and O–H groups in total. The van der Waals surface area contributed by atoms with Crippen LogP contribution in [-0.4, -0.2) is 22.7 Å². The van der Waals surface area contributed by atoms with E-state index in [1.165, 1.54) is 6.20 Å². The van der Waals surface area contributed by atoms with E-state index in [2.05, 4.69) is 4.98 Å². The Balaban J connectivity index is 2.26. The number of hydrogen-bond acceptors (Lipinski definition) is 4. The Morgan fingerprint density at radius 2 is 2.05 bits per heavy atom. The number of aromatic carboxylic acids is 1. The third kappa shape index (κ3) is 3.22. The van der Waals surface area contributed by atoms with E-state index < -0.39 is 5.97 Å². The number of pyridine rings is 1. The molecule has 0 aliphatic rings. The Labute approximate surface area is 110 Å². The van der Waals surface area contributed by atoms with Crippen LogP contribution >= 0.6 is 0 Å². The molecule has 1 aromatic heterocycles. The van der Waals surface area contributed by atoms with Gasteiger partial charge in [0.15, 0.2) is 11.4 Å². The van der Waals surface area contributed by atoms with E-state index in [0.29, 0.717) is 18.1 Å². The number of carboxylic acids is 1. The Kier molecular flexibility index (Phi) is 3.97. The van der Waals surface area contributed by atoms with Crippen molar-refractivity contribution in [3.8, 4) is 17.2 Å². The topological polar surface area (TPSA) is 68.7 Å². The first-order valence-electron chi connectivity index (χ1n) is 5.79. The van der Waals surface area contributed by atoms with Crippen molar-refractivity contribution in [2.75, 3.05) is 6.61 Å². The number of nitrogens with zero attached hydrogens (tertiary/aromatic N) is 1. The van der Waals surface area contributed by atoms with E-state index in [9.17, 15) is 4.79 Å². The van der Waals surface area contributed by atoms with Gasteiger partial charge in [-0.3, -0.25) is 0 Å². The summed E-state index contributed by atoms with van der Waals surface area (Å²) in [5.74, 6) is 0.238. The van der Waals surface area contributed by atoms with Gasteiger partial charge in [0.1, 0.15) is 11.5 Å². The highest BCUT2D eigenvalue weighted by Gasteiger charge is 2.13. The van der Waals surface area contributed by atoms with E-state index in [0.717, 1.165) is 0 Å². The lowest BCUT2D eigenvalue weighted by Gasteiger charge is -2.09. The molecule has 0 spiro atoms. The van der Waals surface area contributed by atoms with Gasteiger partial charge in [-0.05, 0) is 31.2 Å².